The molecule has 1 amide bonds. The van der Waals surface area contributed by atoms with Crippen molar-refractivity contribution < 1.29 is 13.2 Å². The molecule has 0 bridgehead atoms. The number of carbonyl (C=O) groups is 1. The van der Waals surface area contributed by atoms with Gasteiger partial charge in [0, 0.05) is 17.6 Å². The number of nitrogens with one attached hydrogen (secondary N) is 1. The fraction of sp³-hybridized carbons (Fsp3) is 0.222. The summed E-state index contributed by atoms with van der Waals surface area (Å²) < 4.78 is 28.0. The number of amides is 1. The van der Waals surface area contributed by atoms with Crippen LogP contribution in [0, 0.1) is 0 Å². The lowest BCUT2D eigenvalue weighted by Crippen LogP contribution is -2.39. The second kappa shape index (κ2) is 7.09. The topological polar surface area (TPSA) is 78.8 Å². The third-order valence-electron chi connectivity index (χ3n) is 4.10. The van der Waals surface area contributed by atoms with Crippen molar-refractivity contribution >= 4 is 33.4 Å². The van der Waals surface area contributed by atoms with Crippen LogP contribution in [-0.2, 0) is 14.8 Å². The van der Waals surface area contributed by atoms with Crippen LogP contribution in [0.1, 0.15) is 24.1 Å². The Balaban J connectivity index is 1.69. The number of likely N-dealkylation sites (N-methyl/N-ethyl adjacent to an activating group) is 1. The lowest BCUT2D eigenvalue weighted by atomic mass is 10.1. The molecule has 0 saturated heterocycles. The monoisotopic (exact) mass is 391 g/mol. The van der Waals surface area contributed by atoms with E-state index < -0.39 is 10.0 Å². The molecule has 0 aliphatic carbocycles. The van der Waals surface area contributed by atoms with Crippen LogP contribution in [0.5, 0.6) is 0 Å². The average Bonchev–Trinajstić information content (AvgIpc) is 2.87. The summed E-state index contributed by atoms with van der Waals surface area (Å²) in [7, 11) is -2.06. The predicted octanol–water partition coefficient (Wildman–Crippen LogP) is 2.60. The number of amidine groups is 1. The molecule has 1 N–H and O–H groups in total. The standard InChI is InChI=1S/C18H18ClN3O3S/c1-12(13-7-9-14(19)10-8-13)20-17(23)11-22(2)18-15-5-3-4-6-16(15)26(24,25)21-18/h3-10,12H,11H2,1-2H3,(H,20,23)/t12-/m0/s1. The third-order valence-corrected chi connectivity index (χ3v) is 5.68. The molecule has 0 saturated carbocycles. The van der Waals surface area contributed by atoms with E-state index in [1.165, 1.54) is 11.0 Å². The average molecular weight is 392 g/mol. The molecule has 8 heteroatoms. The number of halogens is 1. The van der Waals surface area contributed by atoms with E-state index in [9.17, 15) is 13.2 Å². The number of nitrogens with zero attached hydrogens (tertiary/aromatic N) is 2. The summed E-state index contributed by atoms with van der Waals surface area (Å²) in [5.74, 6) is 0.0364. The normalized spacial score (nSPS) is 15.7. The van der Waals surface area contributed by atoms with Gasteiger partial charge < -0.3 is 10.2 Å². The van der Waals surface area contributed by atoms with Gasteiger partial charge in [-0.25, -0.2) is 0 Å². The Morgan fingerprint density at radius 2 is 1.85 bits per heavy atom. The minimum absolute atomic E-state index is 0.0133. The Kier molecular flexibility index (Phi) is 5.02. The number of hydrogen-bond donors (Lipinski definition) is 1. The van der Waals surface area contributed by atoms with E-state index in [0.717, 1.165) is 5.56 Å². The van der Waals surface area contributed by atoms with Crippen molar-refractivity contribution in [1.29, 1.82) is 0 Å². The van der Waals surface area contributed by atoms with Crippen molar-refractivity contribution in [1.82, 2.24) is 10.2 Å². The van der Waals surface area contributed by atoms with Gasteiger partial charge in [0.1, 0.15) is 4.90 Å². The van der Waals surface area contributed by atoms with E-state index in [1.807, 2.05) is 19.1 Å². The maximum Gasteiger partial charge on any atom is 0.285 e. The molecule has 0 spiro atoms. The first-order chi connectivity index (χ1) is 12.3. The van der Waals surface area contributed by atoms with Gasteiger partial charge in [0.15, 0.2) is 5.84 Å². The summed E-state index contributed by atoms with van der Waals surface area (Å²) in [4.78, 5) is 14.0. The zero-order chi connectivity index (χ0) is 18.9. The molecule has 1 heterocycles. The molecule has 26 heavy (non-hydrogen) atoms. The van der Waals surface area contributed by atoms with Gasteiger partial charge >= 0.3 is 0 Å². The van der Waals surface area contributed by atoms with E-state index in [4.69, 9.17) is 11.6 Å². The highest BCUT2D eigenvalue weighted by Crippen LogP contribution is 2.26. The van der Waals surface area contributed by atoms with Crippen molar-refractivity contribution in [3.63, 3.8) is 0 Å². The number of carbonyl (C=O) groups excluding carboxylic acids is 1. The van der Waals surface area contributed by atoms with Crippen LogP contribution in [0.2, 0.25) is 5.02 Å². The molecular formula is C18H18ClN3O3S. The highest BCUT2D eigenvalue weighted by molar-refractivity contribution is 7.90. The van der Waals surface area contributed by atoms with E-state index in [1.54, 1.807) is 37.4 Å². The SMILES string of the molecule is C[C@H](NC(=O)CN(C)C1=NS(=O)(=O)c2ccccc21)c1ccc(Cl)cc1. The second-order valence-corrected chi connectivity index (χ2v) is 8.09. The molecule has 1 atom stereocenters. The van der Waals surface area contributed by atoms with Gasteiger partial charge in [0.2, 0.25) is 5.91 Å². The third kappa shape index (κ3) is 3.73. The van der Waals surface area contributed by atoms with Gasteiger partial charge in [-0.1, -0.05) is 35.9 Å². The molecule has 1 aliphatic heterocycles. The predicted molar refractivity (Wildman–Crippen MR) is 101 cm³/mol. The van der Waals surface area contributed by atoms with Crippen LogP contribution in [0.3, 0.4) is 0 Å². The maximum absolute atomic E-state index is 12.4. The van der Waals surface area contributed by atoms with Crippen LogP contribution in [0.15, 0.2) is 57.8 Å². The first-order valence-corrected chi connectivity index (χ1v) is 9.80. The van der Waals surface area contributed by atoms with Crippen LogP contribution >= 0.6 is 11.6 Å². The van der Waals surface area contributed by atoms with Crippen LogP contribution < -0.4 is 5.32 Å². The van der Waals surface area contributed by atoms with Crippen molar-refractivity contribution in [3.8, 4) is 0 Å². The van der Waals surface area contributed by atoms with Gasteiger partial charge in [0.05, 0.1) is 12.6 Å². The molecule has 0 radical (unpaired) electrons. The summed E-state index contributed by atoms with van der Waals surface area (Å²) in [6.45, 7) is 1.86. The number of sulfonamides is 1. The lowest BCUT2D eigenvalue weighted by Gasteiger charge is -2.20. The Hall–Kier alpha value is -2.38. The first-order valence-electron chi connectivity index (χ1n) is 7.98. The molecule has 0 unspecified atom stereocenters. The van der Waals surface area contributed by atoms with E-state index in [2.05, 4.69) is 9.71 Å². The van der Waals surface area contributed by atoms with Crippen LogP contribution in [0.4, 0.5) is 0 Å². The fourth-order valence-electron chi connectivity index (χ4n) is 2.78. The molecule has 3 rings (SSSR count). The number of fused-ring (bicyclic) bond motifs is 1. The molecule has 136 valence electrons. The summed E-state index contributed by atoms with van der Waals surface area (Å²) in [6, 6.07) is 13.6. The number of hydrogen-bond acceptors (Lipinski definition) is 4. The minimum Gasteiger partial charge on any atom is -0.349 e. The molecule has 2 aromatic carbocycles. The van der Waals surface area contributed by atoms with Gasteiger partial charge in [0.25, 0.3) is 10.0 Å². The Bertz CT molecular complexity index is 971. The van der Waals surface area contributed by atoms with Crippen LogP contribution in [0.25, 0.3) is 0 Å². The molecule has 1 aliphatic rings. The van der Waals surface area contributed by atoms with Gasteiger partial charge in [-0.3, -0.25) is 4.79 Å². The number of benzene rings is 2. The summed E-state index contributed by atoms with van der Waals surface area (Å²) in [5, 5.41) is 3.52. The number of rotatable bonds is 4. The highest BCUT2D eigenvalue weighted by atomic mass is 35.5. The Labute approximate surface area is 157 Å². The maximum atomic E-state index is 12.4. The zero-order valence-electron chi connectivity index (χ0n) is 14.3. The Morgan fingerprint density at radius 1 is 1.19 bits per heavy atom. The highest BCUT2D eigenvalue weighted by Gasteiger charge is 2.31. The second-order valence-electron chi connectivity index (χ2n) is 6.08. The van der Waals surface area contributed by atoms with Crippen molar-refractivity contribution in [2.45, 2.75) is 17.9 Å². The summed E-state index contributed by atoms with van der Waals surface area (Å²) in [6.07, 6.45) is 0. The van der Waals surface area contributed by atoms with Crippen LogP contribution in [-0.4, -0.2) is 38.7 Å². The molecule has 6 nitrogen and oxygen atoms in total. The van der Waals surface area contributed by atoms with E-state index in [-0.39, 0.29) is 29.2 Å². The van der Waals surface area contributed by atoms with E-state index in [0.29, 0.717) is 10.6 Å². The van der Waals surface area contributed by atoms with E-state index >= 15 is 0 Å². The fourth-order valence-corrected chi connectivity index (χ4v) is 4.15. The van der Waals surface area contributed by atoms with Crippen molar-refractivity contribution in [3.05, 3.63) is 64.7 Å². The zero-order valence-corrected chi connectivity index (χ0v) is 15.9. The van der Waals surface area contributed by atoms with Gasteiger partial charge in [-0.2, -0.15) is 8.42 Å². The first kappa shape index (κ1) is 18.4. The van der Waals surface area contributed by atoms with Gasteiger partial charge in [-0.15, -0.1) is 4.40 Å². The van der Waals surface area contributed by atoms with Crippen molar-refractivity contribution in [2.75, 3.05) is 13.6 Å². The molecular weight excluding hydrogens is 374 g/mol. The molecule has 0 aromatic heterocycles. The van der Waals surface area contributed by atoms with Crippen molar-refractivity contribution in [2.24, 2.45) is 4.40 Å². The minimum atomic E-state index is -3.70. The largest absolute Gasteiger partial charge is 0.349 e. The van der Waals surface area contributed by atoms with Gasteiger partial charge in [-0.05, 0) is 36.8 Å². The smallest absolute Gasteiger partial charge is 0.285 e. The summed E-state index contributed by atoms with van der Waals surface area (Å²) >= 11 is 5.87. The molecule has 0 fully saturated rings. The Morgan fingerprint density at radius 3 is 2.54 bits per heavy atom. The molecule has 2 aromatic rings. The quantitative estimate of drug-likeness (QED) is 0.868. The lowest BCUT2D eigenvalue weighted by molar-refractivity contribution is -0.121. The summed E-state index contributed by atoms with van der Waals surface area (Å²) in [5.41, 5.74) is 1.44.